The molecule has 0 unspecified atom stereocenters. The van der Waals surface area contributed by atoms with E-state index in [-0.39, 0.29) is 12.4 Å². The molecule has 2 rings (SSSR count). The molecule has 0 saturated carbocycles. The molecule has 8 heteroatoms. The van der Waals surface area contributed by atoms with Crippen LogP contribution in [0.3, 0.4) is 0 Å². The first-order valence-electron chi connectivity index (χ1n) is 4.83. The third-order valence-corrected chi connectivity index (χ3v) is 2.14. The molecule has 0 aliphatic rings. The van der Waals surface area contributed by atoms with Crippen LogP contribution < -0.4 is 0 Å². The minimum atomic E-state index is -4.37. The van der Waals surface area contributed by atoms with Gasteiger partial charge in [-0.05, 0) is 17.3 Å². The second-order valence-electron chi connectivity index (χ2n) is 3.38. The number of tetrazole rings is 1. The molecule has 0 N–H and O–H groups in total. The second kappa shape index (κ2) is 4.44. The summed E-state index contributed by atoms with van der Waals surface area (Å²) in [5.74, 6) is 0.180. The quantitative estimate of drug-likeness (QED) is 0.819. The number of hydrogen-bond donors (Lipinski definition) is 0. The van der Waals surface area contributed by atoms with E-state index in [1.807, 2.05) is 6.07 Å². The van der Waals surface area contributed by atoms with Crippen molar-refractivity contribution in [1.82, 2.24) is 20.2 Å². The number of nitriles is 1. The van der Waals surface area contributed by atoms with E-state index in [1.165, 1.54) is 12.1 Å². The lowest BCUT2D eigenvalue weighted by Gasteiger charge is -2.05. The molecule has 2 aromatic rings. The van der Waals surface area contributed by atoms with E-state index in [0.717, 1.165) is 16.9 Å². The Labute approximate surface area is 99.5 Å². The summed E-state index contributed by atoms with van der Waals surface area (Å²) in [6, 6.07) is 6.24. The van der Waals surface area contributed by atoms with Gasteiger partial charge in [-0.25, -0.2) is 0 Å². The molecule has 0 radical (unpaired) electrons. The monoisotopic (exact) mass is 253 g/mol. The van der Waals surface area contributed by atoms with Crippen LogP contribution in [0.5, 0.6) is 0 Å². The highest BCUT2D eigenvalue weighted by Gasteiger charge is 2.30. The zero-order valence-electron chi connectivity index (χ0n) is 8.89. The van der Waals surface area contributed by atoms with Gasteiger partial charge in [0, 0.05) is 5.56 Å². The molecule has 0 aliphatic heterocycles. The summed E-state index contributed by atoms with van der Waals surface area (Å²) in [4.78, 5) is 1.06. The number of halogens is 3. The summed E-state index contributed by atoms with van der Waals surface area (Å²) in [5.41, 5.74) is -0.331. The van der Waals surface area contributed by atoms with Gasteiger partial charge >= 0.3 is 6.18 Å². The van der Waals surface area contributed by atoms with Crippen LogP contribution in [0.15, 0.2) is 24.3 Å². The van der Waals surface area contributed by atoms with Gasteiger partial charge in [0.1, 0.15) is 6.54 Å². The highest BCUT2D eigenvalue weighted by molar-refractivity contribution is 5.54. The maximum atomic E-state index is 12.3. The lowest BCUT2D eigenvalue weighted by Crippen LogP contribution is -2.04. The van der Waals surface area contributed by atoms with Crippen molar-refractivity contribution in [3.05, 3.63) is 29.8 Å². The Morgan fingerprint density at radius 2 is 1.89 bits per heavy atom. The molecule has 18 heavy (non-hydrogen) atoms. The first kappa shape index (κ1) is 12.0. The van der Waals surface area contributed by atoms with Gasteiger partial charge in [-0.3, -0.25) is 0 Å². The number of rotatable bonds is 2. The lowest BCUT2D eigenvalue weighted by atomic mass is 10.1. The van der Waals surface area contributed by atoms with Gasteiger partial charge in [-0.15, -0.1) is 15.0 Å². The zero-order valence-corrected chi connectivity index (χ0v) is 8.89. The Morgan fingerprint density at radius 3 is 2.44 bits per heavy atom. The van der Waals surface area contributed by atoms with Crippen LogP contribution in [0.25, 0.3) is 11.4 Å². The van der Waals surface area contributed by atoms with E-state index >= 15 is 0 Å². The molecule has 0 atom stereocenters. The summed E-state index contributed by atoms with van der Waals surface area (Å²) in [6.07, 6.45) is -4.37. The predicted molar refractivity (Wildman–Crippen MR) is 53.9 cm³/mol. The lowest BCUT2D eigenvalue weighted by molar-refractivity contribution is -0.137. The Balaban J connectivity index is 2.26. The average molecular weight is 253 g/mol. The van der Waals surface area contributed by atoms with E-state index in [9.17, 15) is 13.2 Å². The van der Waals surface area contributed by atoms with Gasteiger partial charge < -0.3 is 0 Å². The number of aromatic nitrogens is 4. The summed E-state index contributed by atoms with van der Waals surface area (Å²) < 4.78 is 37.0. The summed E-state index contributed by atoms with van der Waals surface area (Å²) in [6.45, 7) is -0.0619. The SMILES string of the molecule is N#CCn1nnc(-c2ccc(C(F)(F)F)cc2)n1. The minimum absolute atomic E-state index is 0.0619. The van der Waals surface area contributed by atoms with Gasteiger partial charge in [0.25, 0.3) is 0 Å². The fourth-order valence-electron chi connectivity index (χ4n) is 1.30. The van der Waals surface area contributed by atoms with Crippen LogP contribution in [0.4, 0.5) is 13.2 Å². The first-order valence-corrected chi connectivity index (χ1v) is 4.83. The second-order valence-corrected chi connectivity index (χ2v) is 3.38. The highest BCUT2D eigenvalue weighted by atomic mass is 19.4. The molecule has 5 nitrogen and oxygen atoms in total. The van der Waals surface area contributed by atoms with Gasteiger partial charge in [0.15, 0.2) is 0 Å². The molecular formula is C10H6F3N5. The molecule has 0 amide bonds. The molecule has 92 valence electrons. The fraction of sp³-hybridized carbons (Fsp3) is 0.200. The van der Waals surface area contributed by atoms with Crippen molar-refractivity contribution in [2.75, 3.05) is 0 Å². The Hall–Kier alpha value is -2.43. The van der Waals surface area contributed by atoms with Crippen LogP contribution >= 0.6 is 0 Å². The number of hydrogen-bond acceptors (Lipinski definition) is 4. The van der Waals surface area contributed by atoms with E-state index in [2.05, 4.69) is 15.4 Å². The van der Waals surface area contributed by atoms with Crippen molar-refractivity contribution in [1.29, 1.82) is 5.26 Å². The fourth-order valence-corrected chi connectivity index (χ4v) is 1.30. The summed E-state index contributed by atoms with van der Waals surface area (Å²) in [7, 11) is 0. The van der Waals surface area contributed by atoms with E-state index in [1.54, 1.807) is 0 Å². The van der Waals surface area contributed by atoms with Gasteiger partial charge in [-0.1, -0.05) is 12.1 Å². The predicted octanol–water partition coefficient (Wildman–Crippen LogP) is 1.88. The molecule has 1 aromatic carbocycles. The standard InChI is InChI=1S/C10H6F3N5/c11-10(12,13)8-3-1-7(2-4-8)9-15-17-18(16-9)6-5-14/h1-4H,6H2. The minimum Gasteiger partial charge on any atom is -0.196 e. The molecule has 0 aliphatic carbocycles. The number of benzene rings is 1. The third-order valence-electron chi connectivity index (χ3n) is 2.14. The number of nitrogens with zero attached hydrogens (tertiary/aromatic N) is 5. The third kappa shape index (κ3) is 2.45. The van der Waals surface area contributed by atoms with Crippen LogP contribution in [0.2, 0.25) is 0 Å². The summed E-state index contributed by atoms with van der Waals surface area (Å²) >= 11 is 0. The largest absolute Gasteiger partial charge is 0.416 e. The van der Waals surface area contributed by atoms with Crippen molar-refractivity contribution < 1.29 is 13.2 Å². The van der Waals surface area contributed by atoms with E-state index in [0.29, 0.717) is 5.56 Å². The zero-order chi connectivity index (χ0) is 13.2. The van der Waals surface area contributed by atoms with Gasteiger partial charge in [-0.2, -0.15) is 18.4 Å². The van der Waals surface area contributed by atoms with E-state index < -0.39 is 11.7 Å². The van der Waals surface area contributed by atoms with Crippen molar-refractivity contribution >= 4 is 0 Å². The van der Waals surface area contributed by atoms with Gasteiger partial charge in [0.2, 0.25) is 5.82 Å². The Morgan fingerprint density at radius 1 is 1.22 bits per heavy atom. The van der Waals surface area contributed by atoms with Crippen LogP contribution in [-0.2, 0) is 12.7 Å². The van der Waals surface area contributed by atoms with Crippen LogP contribution in [0.1, 0.15) is 5.56 Å². The van der Waals surface area contributed by atoms with Crippen LogP contribution in [-0.4, -0.2) is 20.2 Å². The molecule has 0 bridgehead atoms. The normalized spacial score (nSPS) is 11.2. The Bertz CT molecular complexity index is 579. The van der Waals surface area contributed by atoms with E-state index in [4.69, 9.17) is 5.26 Å². The molecule has 1 heterocycles. The molecule has 1 aromatic heterocycles. The van der Waals surface area contributed by atoms with Gasteiger partial charge in [0.05, 0.1) is 11.6 Å². The van der Waals surface area contributed by atoms with Crippen molar-refractivity contribution in [3.8, 4) is 17.5 Å². The van der Waals surface area contributed by atoms with Crippen molar-refractivity contribution in [3.63, 3.8) is 0 Å². The van der Waals surface area contributed by atoms with Crippen molar-refractivity contribution in [2.24, 2.45) is 0 Å². The molecular weight excluding hydrogens is 247 g/mol. The number of alkyl halides is 3. The molecule has 0 fully saturated rings. The maximum Gasteiger partial charge on any atom is 0.416 e. The maximum absolute atomic E-state index is 12.3. The van der Waals surface area contributed by atoms with Crippen LogP contribution in [0, 0.1) is 11.3 Å². The molecule has 0 saturated heterocycles. The first-order chi connectivity index (χ1) is 8.50. The average Bonchev–Trinajstić information content (AvgIpc) is 2.77. The highest BCUT2D eigenvalue weighted by Crippen LogP contribution is 2.30. The smallest absolute Gasteiger partial charge is 0.196 e. The topological polar surface area (TPSA) is 67.4 Å². The Kier molecular flexibility index (Phi) is 2.97. The van der Waals surface area contributed by atoms with Crippen molar-refractivity contribution in [2.45, 2.75) is 12.7 Å². The summed E-state index contributed by atoms with van der Waals surface area (Å²) in [5, 5.41) is 19.5. The molecule has 0 spiro atoms.